The first-order chi connectivity index (χ1) is 4.81. The van der Waals surface area contributed by atoms with E-state index >= 15 is 0 Å². The summed E-state index contributed by atoms with van der Waals surface area (Å²) in [4.78, 5) is 10.7. The summed E-state index contributed by atoms with van der Waals surface area (Å²) in [6.07, 6.45) is 3.83. The molecule has 0 radical (unpaired) electrons. The number of hydrogen-bond donors (Lipinski definition) is 0. The Labute approximate surface area is 85.6 Å². The number of unbranched alkanes of at least 4 members (excludes halogenated alkanes) is 2. The SMILES string of the molecule is CCCCCC(=O)OCC.[Sn+4]. The Kier molecular flexibility index (Phi) is 12.9. The van der Waals surface area contributed by atoms with Gasteiger partial charge in [-0.1, -0.05) is 19.8 Å². The number of rotatable bonds is 5. The molecule has 0 saturated heterocycles. The van der Waals surface area contributed by atoms with Crippen molar-refractivity contribution in [3.63, 3.8) is 0 Å². The van der Waals surface area contributed by atoms with Crippen molar-refractivity contribution in [3.05, 3.63) is 0 Å². The van der Waals surface area contributed by atoms with E-state index < -0.39 is 0 Å². The fourth-order valence-electron chi connectivity index (χ4n) is 0.752. The van der Waals surface area contributed by atoms with E-state index in [0.29, 0.717) is 13.0 Å². The quantitative estimate of drug-likeness (QED) is 0.429. The van der Waals surface area contributed by atoms with Crippen molar-refractivity contribution in [2.45, 2.75) is 39.5 Å². The molecule has 0 aromatic rings. The van der Waals surface area contributed by atoms with E-state index in [1.807, 2.05) is 6.92 Å². The van der Waals surface area contributed by atoms with Crippen molar-refractivity contribution in [3.8, 4) is 0 Å². The van der Waals surface area contributed by atoms with Crippen LogP contribution in [0, 0.1) is 0 Å². The van der Waals surface area contributed by atoms with Crippen LogP contribution in [-0.2, 0) is 9.53 Å². The molecule has 0 aromatic carbocycles. The van der Waals surface area contributed by atoms with Gasteiger partial charge in [-0.3, -0.25) is 4.79 Å². The van der Waals surface area contributed by atoms with Gasteiger partial charge in [0, 0.05) is 6.42 Å². The Morgan fingerprint density at radius 1 is 1.27 bits per heavy atom. The van der Waals surface area contributed by atoms with E-state index in [9.17, 15) is 4.79 Å². The molecule has 0 fully saturated rings. The van der Waals surface area contributed by atoms with Crippen molar-refractivity contribution >= 4 is 29.9 Å². The van der Waals surface area contributed by atoms with Crippen LogP contribution in [0.2, 0.25) is 0 Å². The first-order valence-corrected chi connectivity index (χ1v) is 3.96. The van der Waals surface area contributed by atoms with E-state index in [0.717, 1.165) is 19.3 Å². The molecule has 0 aliphatic carbocycles. The Morgan fingerprint density at radius 2 is 1.91 bits per heavy atom. The molecular weight excluding hydrogens is 247 g/mol. The standard InChI is InChI=1S/C8H16O2.Sn/c1-3-5-6-7-8(9)10-4-2;/h3-7H2,1-2H3;/q;+4. The second kappa shape index (κ2) is 10.3. The first-order valence-electron chi connectivity index (χ1n) is 3.96. The summed E-state index contributed by atoms with van der Waals surface area (Å²) < 4.78 is 4.75. The van der Waals surface area contributed by atoms with Gasteiger partial charge in [0.25, 0.3) is 0 Å². The van der Waals surface area contributed by atoms with Crippen molar-refractivity contribution in [1.82, 2.24) is 0 Å². The van der Waals surface area contributed by atoms with E-state index in [1.54, 1.807) is 0 Å². The topological polar surface area (TPSA) is 26.3 Å². The normalized spacial score (nSPS) is 8.55. The smallest absolute Gasteiger partial charge is 0.466 e. The van der Waals surface area contributed by atoms with E-state index in [4.69, 9.17) is 4.74 Å². The molecule has 0 aliphatic heterocycles. The molecule has 0 spiro atoms. The van der Waals surface area contributed by atoms with Crippen LogP contribution in [0.5, 0.6) is 0 Å². The molecule has 0 rings (SSSR count). The number of carbonyl (C=O) groups excluding carboxylic acids is 1. The van der Waals surface area contributed by atoms with Gasteiger partial charge in [0.2, 0.25) is 0 Å². The molecular formula is C8H16O2Sn+4. The fraction of sp³-hybridized carbons (Fsp3) is 0.875. The van der Waals surface area contributed by atoms with E-state index in [2.05, 4.69) is 6.92 Å². The van der Waals surface area contributed by atoms with Gasteiger partial charge in [-0.15, -0.1) is 0 Å². The Hall–Kier alpha value is 0.269. The van der Waals surface area contributed by atoms with Gasteiger partial charge in [-0.25, -0.2) is 0 Å². The van der Waals surface area contributed by atoms with Crippen LogP contribution < -0.4 is 0 Å². The van der Waals surface area contributed by atoms with Crippen LogP contribution in [0.1, 0.15) is 39.5 Å². The Bertz CT molecular complexity index is 94.1. The third-order valence-corrected chi connectivity index (χ3v) is 1.29. The second-order valence-electron chi connectivity index (χ2n) is 2.26. The minimum absolute atomic E-state index is 0. The fourth-order valence-corrected chi connectivity index (χ4v) is 0.752. The number of esters is 1. The largest absolute Gasteiger partial charge is 4.00 e. The summed E-state index contributed by atoms with van der Waals surface area (Å²) in [5.74, 6) is -0.0593. The molecule has 0 unspecified atom stereocenters. The first kappa shape index (κ1) is 13.8. The number of hydrogen-bond acceptors (Lipinski definition) is 2. The number of carbonyl (C=O) groups is 1. The average Bonchev–Trinajstić information content (AvgIpc) is 1.89. The average molecular weight is 263 g/mol. The maximum Gasteiger partial charge on any atom is 4.00 e. The predicted octanol–water partition coefficient (Wildman–Crippen LogP) is 1.75. The molecule has 3 heteroatoms. The van der Waals surface area contributed by atoms with Crippen LogP contribution >= 0.6 is 0 Å². The monoisotopic (exact) mass is 264 g/mol. The number of ether oxygens (including phenoxy) is 1. The van der Waals surface area contributed by atoms with Gasteiger partial charge in [-0.2, -0.15) is 0 Å². The molecule has 0 atom stereocenters. The zero-order valence-electron chi connectivity index (χ0n) is 7.35. The molecule has 0 aromatic heterocycles. The van der Waals surface area contributed by atoms with Gasteiger partial charge in [0.1, 0.15) is 0 Å². The third-order valence-electron chi connectivity index (χ3n) is 1.29. The summed E-state index contributed by atoms with van der Waals surface area (Å²) in [7, 11) is 0. The molecule has 0 heterocycles. The summed E-state index contributed by atoms with van der Waals surface area (Å²) in [6.45, 7) is 4.45. The maximum atomic E-state index is 10.7. The maximum absolute atomic E-state index is 10.7. The molecule has 0 amide bonds. The summed E-state index contributed by atoms with van der Waals surface area (Å²) in [5, 5.41) is 0. The molecule has 0 bridgehead atoms. The van der Waals surface area contributed by atoms with Crippen molar-refractivity contribution in [2.75, 3.05) is 6.61 Å². The zero-order chi connectivity index (χ0) is 7.82. The van der Waals surface area contributed by atoms with Gasteiger partial charge in [0.15, 0.2) is 0 Å². The minimum atomic E-state index is -0.0593. The summed E-state index contributed by atoms with van der Waals surface area (Å²) in [6, 6.07) is 0. The van der Waals surface area contributed by atoms with Gasteiger partial charge in [-0.05, 0) is 13.3 Å². The van der Waals surface area contributed by atoms with Gasteiger partial charge in [0.05, 0.1) is 6.61 Å². The van der Waals surface area contributed by atoms with Crippen LogP contribution in [-0.4, -0.2) is 36.5 Å². The minimum Gasteiger partial charge on any atom is -0.466 e. The Balaban J connectivity index is 0. The van der Waals surface area contributed by atoms with E-state index in [-0.39, 0.29) is 29.9 Å². The molecule has 60 valence electrons. The summed E-state index contributed by atoms with van der Waals surface area (Å²) >= 11 is 0. The molecule has 0 saturated carbocycles. The van der Waals surface area contributed by atoms with Crippen LogP contribution in [0.3, 0.4) is 0 Å². The molecule has 0 aliphatic rings. The predicted molar refractivity (Wildman–Crippen MR) is 46.5 cm³/mol. The molecule has 0 N–H and O–H groups in total. The van der Waals surface area contributed by atoms with Crippen LogP contribution in [0.25, 0.3) is 0 Å². The summed E-state index contributed by atoms with van der Waals surface area (Å²) in [5.41, 5.74) is 0. The van der Waals surface area contributed by atoms with Crippen molar-refractivity contribution in [2.24, 2.45) is 0 Å². The van der Waals surface area contributed by atoms with Gasteiger partial charge < -0.3 is 4.74 Å². The third kappa shape index (κ3) is 10.3. The Morgan fingerprint density at radius 3 is 2.36 bits per heavy atom. The van der Waals surface area contributed by atoms with Gasteiger partial charge >= 0.3 is 29.9 Å². The van der Waals surface area contributed by atoms with E-state index in [1.165, 1.54) is 0 Å². The van der Waals surface area contributed by atoms with Crippen LogP contribution in [0.4, 0.5) is 0 Å². The molecule has 2 nitrogen and oxygen atoms in total. The second-order valence-corrected chi connectivity index (χ2v) is 2.26. The zero-order valence-corrected chi connectivity index (χ0v) is 10.2. The van der Waals surface area contributed by atoms with Crippen LogP contribution in [0.15, 0.2) is 0 Å². The molecule has 11 heavy (non-hydrogen) atoms. The van der Waals surface area contributed by atoms with Crippen molar-refractivity contribution in [1.29, 1.82) is 0 Å². The van der Waals surface area contributed by atoms with Crippen molar-refractivity contribution < 1.29 is 9.53 Å².